The Morgan fingerprint density at radius 2 is 1.80 bits per heavy atom. The van der Waals surface area contributed by atoms with E-state index >= 15 is 0 Å². The molecule has 0 aliphatic carbocycles. The van der Waals surface area contributed by atoms with Gasteiger partial charge in [-0.15, -0.1) is 0 Å². The summed E-state index contributed by atoms with van der Waals surface area (Å²) in [5.74, 6) is -0.178. The molecule has 2 aromatic rings. The summed E-state index contributed by atoms with van der Waals surface area (Å²) in [5, 5.41) is 0.708. The standard InChI is InChI=1S/C19H17N3O2S/c1-11-7-13-12(10-25-18-20-5-4-6-21-18)9-19(2,3)22-15(13)14(8-11)16(23)17(22)24/h4-9H,10H2,1-3H3. The van der Waals surface area contributed by atoms with Crippen molar-refractivity contribution in [3.8, 4) is 0 Å². The molecule has 1 aromatic carbocycles. The topological polar surface area (TPSA) is 63.2 Å². The average Bonchev–Trinajstić information content (AvgIpc) is 2.83. The quantitative estimate of drug-likeness (QED) is 0.482. The van der Waals surface area contributed by atoms with E-state index in [4.69, 9.17) is 0 Å². The lowest BCUT2D eigenvalue weighted by molar-refractivity contribution is -0.115. The first-order valence-corrected chi connectivity index (χ1v) is 9.02. The summed E-state index contributed by atoms with van der Waals surface area (Å²) >= 11 is 1.55. The average molecular weight is 351 g/mol. The number of hydrogen-bond acceptors (Lipinski definition) is 5. The molecule has 0 N–H and O–H groups in total. The Labute approximate surface area is 150 Å². The van der Waals surface area contributed by atoms with Crippen molar-refractivity contribution in [3.05, 3.63) is 53.4 Å². The Balaban J connectivity index is 1.80. The first kappa shape index (κ1) is 16.0. The highest BCUT2D eigenvalue weighted by atomic mass is 32.2. The van der Waals surface area contributed by atoms with Gasteiger partial charge in [-0.3, -0.25) is 14.5 Å². The first-order chi connectivity index (χ1) is 11.9. The van der Waals surface area contributed by atoms with Gasteiger partial charge in [0.05, 0.1) is 16.8 Å². The van der Waals surface area contributed by atoms with Crippen molar-refractivity contribution in [1.29, 1.82) is 0 Å². The second-order valence-electron chi connectivity index (χ2n) is 6.82. The van der Waals surface area contributed by atoms with Gasteiger partial charge in [0.25, 0.3) is 11.7 Å². The van der Waals surface area contributed by atoms with Crippen LogP contribution in [0, 0.1) is 6.92 Å². The van der Waals surface area contributed by atoms with Crippen LogP contribution < -0.4 is 4.90 Å². The number of nitrogens with zero attached hydrogens (tertiary/aromatic N) is 3. The van der Waals surface area contributed by atoms with E-state index in [0.29, 0.717) is 16.5 Å². The zero-order chi connectivity index (χ0) is 17.8. The van der Waals surface area contributed by atoms with E-state index < -0.39 is 17.2 Å². The summed E-state index contributed by atoms with van der Waals surface area (Å²) in [6, 6.07) is 5.65. The lowest BCUT2D eigenvalue weighted by Gasteiger charge is -2.39. The number of thioether (sulfide) groups is 1. The van der Waals surface area contributed by atoms with Gasteiger partial charge in [0.2, 0.25) is 0 Å². The summed E-state index contributed by atoms with van der Waals surface area (Å²) in [6.07, 6.45) is 5.51. The Morgan fingerprint density at radius 3 is 2.52 bits per heavy atom. The predicted molar refractivity (Wildman–Crippen MR) is 97.8 cm³/mol. The van der Waals surface area contributed by atoms with Crippen LogP contribution in [0.15, 0.2) is 41.8 Å². The Morgan fingerprint density at radius 1 is 1.12 bits per heavy atom. The fraction of sp³-hybridized carbons (Fsp3) is 0.263. The summed E-state index contributed by atoms with van der Waals surface area (Å²) < 4.78 is 0. The molecule has 4 rings (SSSR count). The van der Waals surface area contributed by atoms with E-state index in [0.717, 1.165) is 22.4 Å². The van der Waals surface area contributed by atoms with E-state index in [1.54, 1.807) is 35.1 Å². The van der Waals surface area contributed by atoms with Crippen LogP contribution in [-0.4, -0.2) is 33.0 Å². The molecule has 6 heteroatoms. The van der Waals surface area contributed by atoms with Crippen molar-refractivity contribution < 1.29 is 9.59 Å². The first-order valence-electron chi connectivity index (χ1n) is 8.04. The molecule has 5 nitrogen and oxygen atoms in total. The van der Waals surface area contributed by atoms with Crippen molar-refractivity contribution in [2.24, 2.45) is 0 Å². The van der Waals surface area contributed by atoms with Crippen molar-refractivity contribution in [3.63, 3.8) is 0 Å². The van der Waals surface area contributed by atoms with Crippen molar-refractivity contribution in [2.45, 2.75) is 31.5 Å². The highest BCUT2D eigenvalue weighted by molar-refractivity contribution is 7.99. The molecule has 0 unspecified atom stereocenters. The molecule has 0 saturated heterocycles. The van der Waals surface area contributed by atoms with Gasteiger partial charge in [-0.1, -0.05) is 17.8 Å². The second-order valence-corrected chi connectivity index (χ2v) is 7.76. The highest BCUT2D eigenvalue weighted by Crippen LogP contribution is 2.46. The Bertz CT molecular complexity index is 935. The largest absolute Gasteiger partial charge is 0.300 e. The zero-order valence-electron chi connectivity index (χ0n) is 14.2. The van der Waals surface area contributed by atoms with Crippen LogP contribution in [0.25, 0.3) is 5.57 Å². The summed E-state index contributed by atoms with van der Waals surface area (Å²) in [5.41, 5.74) is 3.74. The number of amides is 1. The van der Waals surface area contributed by atoms with Crippen LogP contribution in [0.3, 0.4) is 0 Å². The molecular formula is C19H17N3O2S. The SMILES string of the molecule is Cc1cc2c3c(c1)C(CSc1ncccn1)=CC(C)(C)N3C(=O)C2=O. The number of ketones is 1. The maximum absolute atomic E-state index is 12.5. The third-order valence-corrected chi connectivity index (χ3v) is 5.39. The van der Waals surface area contributed by atoms with Gasteiger partial charge in [0.1, 0.15) is 0 Å². The normalized spacial score (nSPS) is 17.6. The van der Waals surface area contributed by atoms with Gasteiger partial charge in [-0.25, -0.2) is 9.97 Å². The molecule has 2 aliphatic heterocycles. The van der Waals surface area contributed by atoms with Gasteiger partial charge < -0.3 is 0 Å². The molecule has 0 spiro atoms. The predicted octanol–water partition coefficient (Wildman–Crippen LogP) is 3.28. The number of carbonyl (C=O) groups is 2. The minimum Gasteiger partial charge on any atom is -0.295 e. The number of rotatable bonds is 3. The molecule has 0 atom stereocenters. The van der Waals surface area contributed by atoms with Crippen LogP contribution in [0.1, 0.15) is 35.3 Å². The fourth-order valence-electron chi connectivity index (χ4n) is 3.50. The van der Waals surface area contributed by atoms with Gasteiger partial charge in [0.15, 0.2) is 5.16 Å². The van der Waals surface area contributed by atoms with Gasteiger partial charge in [-0.2, -0.15) is 0 Å². The lowest BCUT2D eigenvalue weighted by atomic mass is 9.88. The number of carbonyl (C=O) groups excluding carboxylic acids is 2. The molecule has 2 aliphatic rings. The molecule has 126 valence electrons. The van der Waals surface area contributed by atoms with Crippen LogP contribution in [-0.2, 0) is 4.79 Å². The minimum absolute atomic E-state index is 0.415. The Kier molecular flexibility index (Phi) is 3.54. The van der Waals surface area contributed by atoms with Crippen LogP contribution in [0.5, 0.6) is 0 Å². The molecule has 25 heavy (non-hydrogen) atoms. The highest BCUT2D eigenvalue weighted by Gasteiger charge is 2.47. The molecule has 0 bridgehead atoms. The third kappa shape index (κ3) is 2.48. The van der Waals surface area contributed by atoms with Gasteiger partial charge in [-0.05, 0) is 50.1 Å². The van der Waals surface area contributed by atoms with E-state index in [1.165, 1.54) is 0 Å². The number of Topliss-reactive ketones (excluding diaryl/α,β-unsaturated/α-hetero) is 1. The van der Waals surface area contributed by atoms with Crippen molar-refractivity contribution >= 4 is 34.7 Å². The molecule has 0 radical (unpaired) electrons. The molecule has 0 fully saturated rings. The van der Waals surface area contributed by atoms with E-state index in [1.807, 2.05) is 32.9 Å². The molecular weight excluding hydrogens is 334 g/mol. The van der Waals surface area contributed by atoms with Crippen LogP contribution >= 0.6 is 11.8 Å². The number of anilines is 1. The second kappa shape index (κ2) is 5.52. The van der Waals surface area contributed by atoms with Crippen molar-refractivity contribution in [1.82, 2.24) is 9.97 Å². The molecule has 0 saturated carbocycles. The van der Waals surface area contributed by atoms with Gasteiger partial charge in [0, 0.05) is 23.7 Å². The monoisotopic (exact) mass is 351 g/mol. The van der Waals surface area contributed by atoms with Crippen LogP contribution in [0.2, 0.25) is 0 Å². The van der Waals surface area contributed by atoms with E-state index in [2.05, 4.69) is 16.0 Å². The maximum Gasteiger partial charge on any atom is 0.300 e. The summed E-state index contributed by atoms with van der Waals surface area (Å²) in [7, 11) is 0. The molecule has 1 amide bonds. The third-order valence-electron chi connectivity index (χ3n) is 4.47. The number of aryl methyl sites for hydroxylation is 1. The smallest absolute Gasteiger partial charge is 0.295 e. The van der Waals surface area contributed by atoms with Crippen LogP contribution in [0.4, 0.5) is 5.69 Å². The lowest BCUT2D eigenvalue weighted by Crippen LogP contribution is -2.47. The Hall–Kier alpha value is -2.47. The molecule has 1 aromatic heterocycles. The zero-order valence-corrected chi connectivity index (χ0v) is 15.1. The molecule has 3 heterocycles. The summed E-state index contributed by atoms with van der Waals surface area (Å²) in [4.78, 5) is 35.1. The number of aromatic nitrogens is 2. The van der Waals surface area contributed by atoms with E-state index in [9.17, 15) is 9.59 Å². The van der Waals surface area contributed by atoms with Gasteiger partial charge >= 0.3 is 0 Å². The van der Waals surface area contributed by atoms with E-state index in [-0.39, 0.29) is 0 Å². The maximum atomic E-state index is 12.5. The number of hydrogen-bond donors (Lipinski definition) is 0. The van der Waals surface area contributed by atoms with Crippen molar-refractivity contribution in [2.75, 3.05) is 10.7 Å². The summed E-state index contributed by atoms with van der Waals surface area (Å²) in [6.45, 7) is 5.86. The minimum atomic E-state index is -0.548. The fourth-order valence-corrected chi connectivity index (χ4v) is 4.29. The number of benzene rings is 1.